The summed E-state index contributed by atoms with van der Waals surface area (Å²) < 4.78 is 6.37. The van der Waals surface area contributed by atoms with E-state index in [0.29, 0.717) is 16.7 Å². The lowest BCUT2D eigenvalue weighted by Gasteiger charge is -2.08. The van der Waals surface area contributed by atoms with Crippen molar-refractivity contribution >= 4 is 40.1 Å². The Bertz CT molecular complexity index is 421. The summed E-state index contributed by atoms with van der Waals surface area (Å²) in [6, 6.07) is 5.38. The molecule has 1 aromatic carbocycles. The Labute approximate surface area is 119 Å². The van der Waals surface area contributed by atoms with Crippen LogP contribution in [0.3, 0.4) is 0 Å². The third kappa shape index (κ3) is 4.35. The topological polar surface area (TPSA) is 38.3 Å². The van der Waals surface area contributed by atoms with Gasteiger partial charge in [-0.3, -0.25) is 4.79 Å². The maximum Gasteiger partial charge on any atom is 0.257 e. The molecule has 0 aliphatic heterocycles. The number of hydrogen-bond acceptors (Lipinski definition) is 2. The average Bonchev–Trinajstić information content (AvgIpc) is 3.11. The van der Waals surface area contributed by atoms with Crippen molar-refractivity contribution < 1.29 is 9.53 Å². The summed E-state index contributed by atoms with van der Waals surface area (Å²) in [6.45, 7) is 0.817. The zero-order chi connectivity index (χ0) is 12.3. The molecule has 0 heterocycles. The highest BCUT2D eigenvalue weighted by atomic mass is 127. The van der Waals surface area contributed by atoms with Gasteiger partial charge in [0.2, 0.25) is 0 Å². The third-order valence-electron chi connectivity index (χ3n) is 2.54. The minimum atomic E-state index is -0.0762. The molecule has 0 saturated heterocycles. The average molecular weight is 366 g/mol. The van der Waals surface area contributed by atoms with Crippen molar-refractivity contribution in [3.63, 3.8) is 0 Å². The first kappa shape index (κ1) is 13.0. The molecule has 1 aliphatic rings. The Morgan fingerprint density at radius 1 is 1.53 bits per heavy atom. The lowest BCUT2D eigenvalue weighted by molar-refractivity contribution is -0.123. The molecule has 1 amide bonds. The van der Waals surface area contributed by atoms with Gasteiger partial charge < -0.3 is 10.1 Å². The molecule has 0 bridgehead atoms. The first-order chi connectivity index (χ1) is 8.15. The molecule has 0 aromatic heterocycles. The van der Waals surface area contributed by atoms with Crippen LogP contribution in [0.5, 0.6) is 5.75 Å². The van der Waals surface area contributed by atoms with Crippen molar-refractivity contribution in [2.75, 3.05) is 13.2 Å². The SMILES string of the molecule is O=C(COc1cc(Cl)ccc1I)NCC1CC1. The van der Waals surface area contributed by atoms with Crippen LogP contribution >= 0.6 is 34.2 Å². The van der Waals surface area contributed by atoms with E-state index in [0.717, 1.165) is 10.1 Å². The van der Waals surface area contributed by atoms with Gasteiger partial charge >= 0.3 is 0 Å². The van der Waals surface area contributed by atoms with Crippen molar-refractivity contribution in [2.24, 2.45) is 5.92 Å². The van der Waals surface area contributed by atoms with Crippen molar-refractivity contribution in [1.82, 2.24) is 5.32 Å². The fourth-order valence-corrected chi connectivity index (χ4v) is 2.02. The monoisotopic (exact) mass is 365 g/mol. The lowest BCUT2D eigenvalue weighted by Crippen LogP contribution is -2.30. The summed E-state index contributed by atoms with van der Waals surface area (Å²) >= 11 is 8.01. The third-order valence-corrected chi connectivity index (χ3v) is 3.66. The Balaban J connectivity index is 1.79. The predicted molar refractivity (Wildman–Crippen MR) is 75.4 cm³/mol. The molecule has 92 valence electrons. The quantitative estimate of drug-likeness (QED) is 0.815. The standard InChI is InChI=1S/C12H13ClINO2/c13-9-3-4-10(14)11(5-9)17-7-12(16)15-6-8-1-2-8/h3-5,8H,1-2,6-7H2,(H,15,16). The smallest absolute Gasteiger partial charge is 0.257 e. The molecule has 5 heteroatoms. The highest BCUT2D eigenvalue weighted by Crippen LogP contribution is 2.27. The van der Waals surface area contributed by atoms with Crippen LogP contribution in [-0.2, 0) is 4.79 Å². The molecule has 17 heavy (non-hydrogen) atoms. The summed E-state index contributed by atoms with van der Waals surface area (Å²) in [6.07, 6.45) is 2.46. The molecule has 2 rings (SSSR count). The van der Waals surface area contributed by atoms with Gasteiger partial charge in [0.1, 0.15) is 5.75 Å². The predicted octanol–water partition coefficient (Wildman–Crippen LogP) is 2.85. The van der Waals surface area contributed by atoms with Gasteiger partial charge in [-0.15, -0.1) is 0 Å². The van der Waals surface area contributed by atoms with Gasteiger partial charge in [-0.2, -0.15) is 0 Å². The number of nitrogens with one attached hydrogen (secondary N) is 1. The van der Waals surface area contributed by atoms with Crippen molar-refractivity contribution in [2.45, 2.75) is 12.8 Å². The number of carbonyl (C=O) groups is 1. The number of amides is 1. The molecule has 1 saturated carbocycles. The number of halogens is 2. The second kappa shape index (κ2) is 5.91. The van der Waals surface area contributed by atoms with Gasteiger partial charge in [0, 0.05) is 11.6 Å². The molecule has 0 spiro atoms. The van der Waals surface area contributed by atoms with E-state index >= 15 is 0 Å². The number of benzene rings is 1. The highest BCUT2D eigenvalue weighted by Gasteiger charge is 2.21. The summed E-state index contributed by atoms with van der Waals surface area (Å²) in [5.74, 6) is 1.26. The van der Waals surface area contributed by atoms with Crippen LogP contribution in [0.15, 0.2) is 18.2 Å². The van der Waals surface area contributed by atoms with Crippen molar-refractivity contribution in [3.8, 4) is 5.75 Å². The van der Waals surface area contributed by atoms with E-state index < -0.39 is 0 Å². The number of carbonyl (C=O) groups excluding carboxylic acids is 1. The van der Waals surface area contributed by atoms with Gasteiger partial charge in [-0.25, -0.2) is 0 Å². The van der Waals surface area contributed by atoms with Gasteiger partial charge in [-0.1, -0.05) is 11.6 Å². The maximum atomic E-state index is 11.5. The van der Waals surface area contributed by atoms with Crippen LogP contribution in [-0.4, -0.2) is 19.1 Å². The minimum absolute atomic E-state index is 0.0447. The Hall–Kier alpha value is -0.490. The second-order valence-electron chi connectivity index (χ2n) is 4.11. The molecule has 1 N–H and O–H groups in total. The minimum Gasteiger partial charge on any atom is -0.483 e. The molecule has 1 fully saturated rings. The van der Waals surface area contributed by atoms with E-state index in [2.05, 4.69) is 27.9 Å². The van der Waals surface area contributed by atoms with Gasteiger partial charge in [0.05, 0.1) is 3.57 Å². The molecule has 1 aliphatic carbocycles. The molecular formula is C12H13ClINO2. The van der Waals surface area contributed by atoms with Gasteiger partial charge in [0.25, 0.3) is 5.91 Å². The van der Waals surface area contributed by atoms with Crippen LogP contribution in [0.1, 0.15) is 12.8 Å². The lowest BCUT2D eigenvalue weighted by atomic mass is 10.3. The van der Waals surface area contributed by atoms with Crippen molar-refractivity contribution in [1.29, 1.82) is 0 Å². The summed E-state index contributed by atoms with van der Waals surface area (Å²) in [4.78, 5) is 11.5. The Morgan fingerprint density at radius 3 is 3.00 bits per heavy atom. The Morgan fingerprint density at radius 2 is 2.29 bits per heavy atom. The van der Waals surface area contributed by atoms with Crippen LogP contribution in [0.25, 0.3) is 0 Å². The molecule has 0 radical (unpaired) electrons. The van der Waals surface area contributed by atoms with Gasteiger partial charge in [0.15, 0.2) is 6.61 Å². The first-order valence-electron chi connectivity index (χ1n) is 5.49. The fourth-order valence-electron chi connectivity index (χ4n) is 1.36. The summed E-state index contributed by atoms with van der Waals surface area (Å²) in [5, 5.41) is 3.46. The first-order valence-corrected chi connectivity index (χ1v) is 6.95. The second-order valence-corrected chi connectivity index (χ2v) is 5.71. The highest BCUT2D eigenvalue weighted by molar-refractivity contribution is 14.1. The fraction of sp³-hybridized carbons (Fsp3) is 0.417. The molecule has 0 unspecified atom stereocenters. The number of hydrogen-bond donors (Lipinski definition) is 1. The molecule has 1 aromatic rings. The van der Waals surface area contributed by atoms with E-state index in [9.17, 15) is 4.79 Å². The summed E-state index contributed by atoms with van der Waals surface area (Å²) in [7, 11) is 0. The molecular weight excluding hydrogens is 352 g/mol. The molecule has 3 nitrogen and oxygen atoms in total. The van der Waals surface area contributed by atoms with Crippen LogP contribution in [0.4, 0.5) is 0 Å². The molecule has 0 atom stereocenters. The zero-order valence-electron chi connectivity index (χ0n) is 9.21. The zero-order valence-corrected chi connectivity index (χ0v) is 12.1. The number of rotatable bonds is 5. The van der Waals surface area contributed by atoms with E-state index in [1.54, 1.807) is 12.1 Å². The van der Waals surface area contributed by atoms with Crippen LogP contribution in [0.2, 0.25) is 5.02 Å². The Kier molecular flexibility index (Phi) is 4.50. The van der Waals surface area contributed by atoms with E-state index in [-0.39, 0.29) is 12.5 Å². The normalized spacial score (nSPS) is 14.5. The van der Waals surface area contributed by atoms with Crippen LogP contribution < -0.4 is 10.1 Å². The van der Waals surface area contributed by atoms with Crippen LogP contribution in [0, 0.1) is 9.49 Å². The van der Waals surface area contributed by atoms with Crippen molar-refractivity contribution in [3.05, 3.63) is 26.8 Å². The summed E-state index contributed by atoms with van der Waals surface area (Å²) in [5.41, 5.74) is 0. The maximum absolute atomic E-state index is 11.5. The van der Waals surface area contributed by atoms with E-state index in [4.69, 9.17) is 16.3 Å². The van der Waals surface area contributed by atoms with E-state index in [1.165, 1.54) is 12.8 Å². The largest absolute Gasteiger partial charge is 0.483 e. The number of ether oxygens (including phenoxy) is 1. The van der Waals surface area contributed by atoms with Gasteiger partial charge in [-0.05, 0) is 59.5 Å². The van der Waals surface area contributed by atoms with E-state index in [1.807, 2.05) is 6.07 Å².